The highest BCUT2D eigenvalue weighted by molar-refractivity contribution is 5.90. The van der Waals surface area contributed by atoms with Crippen molar-refractivity contribution in [1.29, 1.82) is 0 Å². The Morgan fingerprint density at radius 3 is 2.46 bits per heavy atom. The van der Waals surface area contributed by atoms with Gasteiger partial charge in [0.25, 0.3) is 0 Å². The van der Waals surface area contributed by atoms with E-state index in [9.17, 15) is 18.0 Å². The topological polar surface area (TPSA) is 57.3 Å². The van der Waals surface area contributed by atoms with Gasteiger partial charge >= 0.3 is 12.2 Å². The van der Waals surface area contributed by atoms with Crippen LogP contribution in [0.1, 0.15) is 24.0 Å². The molecule has 8 heteroatoms. The van der Waals surface area contributed by atoms with E-state index in [0.29, 0.717) is 0 Å². The normalized spacial score (nSPS) is 16.0. The molecule has 1 aliphatic rings. The highest BCUT2D eigenvalue weighted by atomic mass is 19.4. The predicted octanol–water partition coefficient (Wildman–Crippen LogP) is 3.93. The molecule has 0 spiro atoms. The summed E-state index contributed by atoms with van der Waals surface area (Å²) in [6.45, 7) is 2.62. The van der Waals surface area contributed by atoms with Gasteiger partial charge in [-0.15, -0.1) is 0 Å². The average Bonchev–Trinajstić information content (AvgIpc) is 2.68. The van der Waals surface area contributed by atoms with E-state index >= 15 is 0 Å². The van der Waals surface area contributed by atoms with E-state index in [0.717, 1.165) is 45.0 Å². The first-order chi connectivity index (χ1) is 13.4. The summed E-state index contributed by atoms with van der Waals surface area (Å²) in [5.74, 6) is 0. The van der Waals surface area contributed by atoms with Crippen molar-refractivity contribution in [3.05, 3.63) is 59.9 Å². The lowest BCUT2D eigenvalue weighted by molar-refractivity contribution is -0.136. The number of hydrogen-bond acceptors (Lipinski definition) is 3. The summed E-state index contributed by atoms with van der Waals surface area (Å²) in [7, 11) is 0. The third-order valence-corrected chi connectivity index (χ3v) is 4.87. The molecule has 2 amide bonds. The fraction of sp³-hybridized carbons (Fsp3) is 0.400. The molecular weight excluding hydrogens is 369 g/mol. The van der Waals surface area contributed by atoms with Crippen molar-refractivity contribution in [2.24, 2.45) is 0 Å². The third-order valence-electron chi connectivity index (χ3n) is 4.87. The molecule has 1 aromatic heterocycles. The van der Waals surface area contributed by atoms with E-state index in [2.05, 4.69) is 20.5 Å². The standard InChI is InChI=1S/C20H23F3N4O/c21-20(22,23)17-3-1-2-4-18(17)26-19(28)25-16-8-13-27(14-9-16)12-7-15-5-10-24-11-6-15/h1-6,10-11,16H,7-9,12-14H2,(H2,25,26,28). The van der Waals surface area contributed by atoms with Crippen molar-refractivity contribution in [3.8, 4) is 0 Å². The van der Waals surface area contributed by atoms with Crippen LogP contribution < -0.4 is 10.6 Å². The summed E-state index contributed by atoms with van der Waals surface area (Å²) in [6.07, 6.45) is 1.52. The monoisotopic (exact) mass is 392 g/mol. The summed E-state index contributed by atoms with van der Waals surface area (Å²) < 4.78 is 39.0. The molecule has 1 fully saturated rings. The molecule has 2 aromatic rings. The van der Waals surface area contributed by atoms with Crippen LogP contribution in [0.3, 0.4) is 0 Å². The fourth-order valence-corrected chi connectivity index (χ4v) is 3.32. The number of urea groups is 1. The van der Waals surface area contributed by atoms with Crippen molar-refractivity contribution in [2.75, 3.05) is 25.0 Å². The molecule has 5 nitrogen and oxygen atoms in total. The summed E-state index contributed by atoms with van der Waals surface area (Å²) in [5, 5.41) is 5.12. The lowest BCUT2D eigenvalue weighted by Gasteiger charge is -2.32. The first kappa shape index (κ1) is 20.1. The molecule has 0 aliphatic carbocycles. The van der Waals surface area contributed by atoms with Gasteiger partial charge < -0.3 is 15.5 Å². The van der Waals surface area contributed by atoms with Crippen LogP contribution in [0.25, 0.3) is 0 Å². The Labute approximate surface area is 162 Å². The maximum atomic E-state index is 13.0. The molecule has 0 saturated carbocycles. The van der Waals surface area contributed by atoms with Crippen molar-refractivity contribution >= 4 is 11.7 Å². The summed E-state index contributed by atoms with van der Waals surface area (Å²) >= 11 is 0. The number of aromatic nitrogens is 1. The minimum absolute atomic E-state index is 0.0461. The smallest absolute Gasteiger partial charge is 0.335 e. The first-order valence-corrected chi connectivity index (χ1v) is 9.27. The van der Waals surface area contributed by atoms with Crippen LogP contribution in [0.4, 0.5) is 23.7 Å². The van der Waals surface area contributed by atoms with Gasteiger partial charge in [-0.05, 0) is 49.1 Å². The zero-order chi connectivity index (χ0) is 20.0. The molecule has 0 radical (unpaired) electrons. The SMILES string of the molecule is O=C(Nc1ccccc1C(F)(F)F)NC1CCN(CCc2ccncc2)CC1. The van der Waals surface area contributed by atoms with Crippen molar-refractivity contribution in [1.82, 2.24) is 15.2 Å². The number of nitrogens with zero attached hydrogens (tertiary/aromatic N) is 2. The number of piperidine rings is 1. The van der Waals surface area contributed by atoms with Gasteiger partial charge in [0.05, 0.1) is 11.3 Å². The number of likely N-dealkylation sites (tertiary alicyclic amines) is 1. The predicted molar refractivity (Wildman–Crippen MR) is 101 cm³/mol. The van der Waals surface area contributed by atoms with Crippen molar-refractivity contribution in [3.63, 3.8) is 0 Å². The third kappa shape index (κ3) is 5.69. The van der Waals surface area contributed by atoms with Gasteiger partial charge in [0.15, 0.2) is 0 Å². The molecule has 2 N–H and O–H groups in total. The Morgan fingerprint density at radius 1 is 1.11 bits per heavy atom. The number of para-hydroxylation sites is 1. The lowest BCUT2D eigenvalue weighted by Crippen LogP contribution is -2.46. The summed E-state index contributed by atoms with van der Waals surface area (Å²) in [5.41, 5.74) is 0.149. The number of rotatable bonds is 5. The minimum Gasteiger partial charge on any atom is -0.335 e. The molecule has 1 aromatic carbocycles. The number of carbonyl (C=O) groups is 1. The summed E-state index contributed by atoms with van der Waals surface area (Å²) in [6, 6.07) is 8.32. The maximum absolute atomic E-state index is 13.0. The molecule has 3 rings (SSSR count). The van der Waals surface area contributed by atoms with Gasteiger partial charge in [-0.25, -0.2) is 4.79 Å². The van der Waals surface area contributed by atoms with Crippen LogP contribution in [0.15, 0.2) is 48.8 Å². The van der Waals surface area contributed by atoms with E-state index in [1.165, 1.54) is 23.8 Å². The Kier molecular flexibility index (Phi) is 6.51. The number of nitrogens with one attached hydrogen (secondary N) is 2. The zero-order valence-corrected chi connectivity index (χ0v) is 15.4. The van der Waals surface area contributed by atoms with Crippen LogP contribution in [-0.4, -0.2) is 41.6 Å². The number of benzene rings is 1. The fourth-order valence-electron chi connectivity index (χ4n) is 3.32. The number of alkyl halides is 3. The molecule has 0 bridgehead atoms. The second kappa shape index (κ2) is 9.05. The largest absolute Gasteiger partial charge is 0.418 e. The lowest BCUT2D eigenvalue weighted by atomic mass is 10.0. The molecule has 28 heavy (non-hydrogen) atoms. The van der Waals surface area contributed by atoms with Crippen LogP contribution in [0.5, 0.6) is 0 Å². The van der Waals surface area contributed by atoms with Crippen LogP contribution in [0.2, 0.25) is 0 Å². The minimum atomic E-state index is -4.51. The van der Waals surface area contributed by atoms with Crippen LogP contribution >= 0.6 is 0 Å². The maximum Gasteiger partial charge on any atom is 0.418 e. The number of pyridine rings is 1. The Balaban J connectivity index is 1.44. The van der Waals surface area contributed by atoms with Crippen molar-refractivity contribution < 1.29 is 18.0 Å². The number of anilines is 1. The quantitative estimate of drug-likeness (QED) is 0.811. The van der Waals surface area contributed by atoms with E-state index in [4.69, 9.17) is 0 Å². The number of carbonyl (C=O) groups excluding carboxylic acids is 1. The van der Waals surface area contributed by atoms with Crippen molar-refractivity contribution in [2.45, 2.75) is 31.5 Å². The van der Waals surface area contributed by atoms with E-state index in [-0.39, 0.29) is 11.7 Å². The summed E-state index contributed by atoms with van der Waals surface area (Å²) in [4.78, 5) is 18.5. The zero-order valence-electron chi connectivity index (χ0n) is 15.4. The first-order valence-electron chi connectivity index (χ1n) is 9.27. The Hall–Kier alpha value is -2.61. The molecule has 150 valence electrons. The highest BCUT2D eigenvalue weighted by Crippen LogP contribution is 2.34. The number of amides is 2. The Bertz CT molecular complexity index is 775. The molecule has 1 saturated heterocycles. The highest BCUT2D eigenvalue weighted by Gasteiger charge is 2.33. The van der Waals surface area contributed by atoms with Crippen LogP contribution in [0, 0.1) is 0 Å². The van der Waals surface area contributed by atoms with Gasteiger partial charge in [-0.3, -0.25) is 4.98 Å². The van der Waals surface area contributed by atoms with E-state index in [1.807, 2.05) is 12.1 Å². The molecular formula is C20H23F3N4O. The average molecular weight is 392 g/mol. The van der Waals surface area contributed by atoms with Crippen LogP contribution in [-0.2, 0) is 12.6 Å². The molecule has 2 heterocycles. The van der Waals surface area contributed by atoms with Gasteiger partial charge in [-0.2, -0.15) is 13.2 Å². The molecule has 0 unspecified atom stereocenters. The van der Waals surface area contributed by atoms with E-state index < -0.39 is 17.8 Å². The Morgan fingerprint density at radius 2 is 1.79 bits per heavy atom. The number of halogens is 3. The van der Waals surface area contributed by atoms with Gasteiger partial charge in [-0.1, -0.05) is 12.1 Å². The molecule has 0 atom stereocenters. The van der Waals surface area contributed by atoms with Gasteiger partial charge in [0.1, 0.15) is 0 Å². The van der Waals surface area contributed by atoms with Gasteiger partial charge in [0, 0.05) is 38.1 Å². The second-order valence-corrected chi connectivity index (χ2v) is 6.86. The second-order valence-electron chi connectivity index (χ2n) is 6.86. The molecule has 1 aliphatic heterocycles. The number of hydrogen-bond donors (Lipinski definition) is 2. The van der Waals surface area contributed by atoms with E-state index in [1.54, 1.807) is 12.4 Å². The van der Waals surface area contributed by atoms with Gasteiger partial charge in [0.2, 0.25) is 0 Å².